The standard InChI is InChI=1S/C28H38FN3O2/c1-30-20-23-19-26(34-16-2-11-31-12-9-24(29)10-13-31)7-8-27(23)28(21-30)22-3-5-25(6-4-22)32-14-17-33-18-15-32/h3-8,19,24,28H,2,9-18,20-21H2,1H3. The summed E-state index contributed by atoms with van der Waals surface area (Å²) in [4.78, 5) is 7.16. The predicted octanol–water partition coefficient (Wildman–Crippen LogP) is 4.30. The fourth-order valence-corrected chi connectivity index (χ4v) is 5.54. The summed E-state index contributed by atoms with van der Waals surface area (Å²) in [7, 11) is 2.20. The number of anilines is 1. The maximum atomic E-state index is 13.3. The van der Waals surface area contributed by atoms with E-state index in [1.807, 2.05) is 0 Å². The Hall–Kier alpha value is -2.15. The van der Waals surface area contributed by atoms with Gasteiger partial charge in [0.1, 0.15) is 11.9 Å². The van der Waals surface area contributed by atoms with E-state index in [9.17, 15) is 4.39 Å². The van der Waals surface area contributed by atoms with E-state index < -0.39 is 6.17 Å². The Morgan fingerprint density at radius 2 is 1.76 bits per heavy atom. The molecule has 0 aromatic heterocycles. The van der Waals surface area contributed by atoms with Crippen LogP contribution in [0.25, 0.3) is 0 Å². The quantitative estimate of drug-likeness (QED) is 0.566. The van der Waals surface area contributed by atoms with Crippen LogP contribution in [0.3, 0.4) is 0 Å². The third-order valence-electron chi connectivity index (χ3n) is 7.50. The number of nitrogens with zero attached hydrogens (tertiary/aromatic N) is 3. The van der Waals surface area contributed by atoms with E-state index in [1.54, 1.807) is 0 Å². The molecule has 5 rings (SSSR count). The summed E-state index contributed by atoms with van der Waals surface area (Å²) in [5.41, 5.74) is 5.43. The fraction of sp³-hybridized carbons (Fsp3) is 0.571. The lowest BCUT2D eigenvalue weighted by Gasteiger charge is -2.33. The van der Waals surface area contributed by atoms with Gasteiger partial charge in [0.05, 0.1) is 19.8 Å². The average Bonchev–Trinajstić information content (AvgIpc) is 2.87. The molecule has 1 atom stereocenters. The van der Waals surface area contributed by atoms with E-state index in [2.05, 4.69) is 64.2 Å². The van der Waals surface area contributed by atoms with Crippen LogP contribution in [0.1, 0.15) is 41.9 Å². The molecule has 3 aliphatic rings. The summed E-state index contributed by atoms with van der Waals surface area (Å²) in [5, 5.41) is 0. The summed E-state index contributed by atoms with van der Waals surface area (Å²) in [6.07, 6.45) is 1.73. The number of hydrogen-bond acceptors (Lipinski definition) is 5. The number of hydrogen-bond donors (Lipinski definition) is 0. The summed E-state index contributed by atoms with van der Waals surface area (Å²) >= 11 is 0. The van der Waals surface area contributed by atoms with Gasteiger partial charge < -0.3 is 24.2 Å². The number of rotatable bonds is 7. The molecule has 0 radical (unpaired) electrons. The average molecular weight is 468 g/mol. The van der Waals surface area contributed by atoms with Crippen LogP contribution in [-0.2, 0) is 11.3 Å². The van der Waals surface area contributed by atoms with Crippen LogP contribution in [0.2, 0.25) is 0 Å². The fourth-order valence-electron chi connectivity index (χ4n) is 5.54. The first-order chi connectivity index (χ1) is 16.7. The zero-order chi connectivity index (χ0) is 23.3. The Morgan fingerprint density at radius 1 is 1.00 bits per heavy atom. The van der Waals surface area contributed by atoms with Crippen LogP contribution in [0.5, 0.6) is 5.75 Å². The van der Waals surface area contributed by atoms with E-state index in [0.29, 0.717) is 25.4 Å². The molecule has 184 valence electrons. The van der Waals surface area contributed by atoms with Crippen LogP contribution in [0.15, 0.2) is 42.5 Å². The van der Waals surface area contributed by atoms with Crippen LogP contribution in [-0.4, -0.2) is 82.1 Å². The van der Waals surface area contributed by atoms with Gasteiger partial charge in [-0.1, -0.05) is 18.2 Å². The van der Waals surface area contributed by atoms with Crippen LogP contribution >= 0.6 is 0 Å². The molecule has 2 fully saturated rings. The first-order valence-electron chi connectivity index (χ1n) is 12.9. The molecule has 5 nitrogen and oxygen atoms in total. The van der Waals surface area contributed by atoms with Crippen molar-refractivity contribution in [1.29, 1.82) is 0 Å². The molecule has 2 aromatic carbocycles. The largest absolute Gasteiger partial charge is 0.494 e. The highest BCUT2D eigenvalue weighted by molar-refractivity contribution is 5.51. The molecule has 0 amide bonds. The summed E-state index contributed by atoms with van der Waals surface area (Å²) in [5.74, 6) is 1.33. The highest BCUT2D eigenvalue weighted by Gasteiger charge is 2.25. The minimum atomic E-state index is -0.604. The van der Waals surface area contributed by atoms with Crippen molar-refractivity contribution in [3.05, 3.63) is 59.2 Å². The third kappa shape index (κ3) is 5.73. The van der Waals surface area contributed by atoms with Gasteiger partial charge in [-0.3, -0.25) is 0 Å². The SMILES string of the molecule is CN1Cc2cc(OCCCN3CCC(F)CC3)ccc2C(c2ccc(N3CCOCC3)cc2)C1. The minimum absolute atomic E-state index is 0.375. The molecule has 34 heavy (non-hydrogen) atoms. The van der Waals surface area contributed by atoms with Gasteiger partial charge in [0.25, 0.3) is 0 Å². The molecule has 6 heteroatoms. The lowest BCUT2D eigenvalue weighted by molar-refractivity contribution is 0.122. The van der Waals surface area contributed by atoms with E-state index >= 15 is 0 Å². The van der Waals surface area contributed by atoms with Crippen molar-refractivity contribution in [3.8, 4) is 5.75 Å². The second-order valence-electron chi connectivity index (χ2n) is 10.0. The van der Waals surface area contributed by atoms with Crippen molar-refractivity contribution in [3.63, 3.8) is 0 Å². The highest BCUT2D eigenvalue weighted by Crippen LogP contribution is 2.35. The Balaban J connectivity index is 1.20. The van der Waals surface area contributed by atoms with Crippen molar-refractivity contribution in [2.75, 3.05) is 71.0 Å². The normalized spacial score (nSPS) is 22.5. The van der Waals surface area contributed by atoms with E-state index in [1.165, 1.54) is 22.4 Å². The topological polar surface area (TPSA) is 28.2 Å². The van der Waals surface area contributed by atoms with Gasteiger partial charge in [-0.05, 0) is 67.3 Å². The number of ether oxygens (including phenoxy) is 2. The van der Waals surface area contributed by atoms with Crippen LogP contribution in [0.4, 0.5) is 10.1 Å². The van der Waals surface area contributed by atoms with Gasteiger partial charge in [0, 0.05) is 57.4 Å². The van der Waals surface area contributed by atoms with Crippen molar-refractivity contribution in [2.24, 2.45) is 0 Å². The molecule has 0 aliphatic carbocycles. The Morgan fingerprint density at radius 3 is 2.53 bits per heavy atom. The highest BCUT2D eigenvalue weighted by atomic mass is 19.1. The number of benzene rings is 2. The number of morpholine rings is 1. The molecular formula is C28H38FN3O2. The number of alkyl halides is 1. The smallest absolute Gasteiger partial charge is 0.119 e. The molecular weight excluding hydrogens is 429 g/mol. The second-order valence-corrected chi connectivity index (χ2v) is 10.0. The van der Waals surface area contributed by atoms with E-state index in [4.69, 9.17) is 9.47 Å². The van der Waals surface area contributed by atoms with Crippen molar-refractivity contribution < 1.29 is 13.9 Å². The van der Waals surface area contributed by atoms with Crippen LogP contribution < -0.4 is 9.64 Å². The number of fused-ring (bicyclic) bond motifs is 1. The molecule has 0 bridgehead atoms. The van der Waals surface area contributed by atoms with Crippen molar-refractivity contribution >= 4 is 5.69 Å². The van der Waals surface area contributed by atoms with E-state index in [0.717, 1.165) is 71.2 Å². The van der Waals surface area contributed by atoms with Gasteiger partial charge in [-0.25, -0.2) is 4.39 Å². The summed E-state index contributed by atoms with van der Waals surface area (Å²) in [6.45, 7) is 8.98. The molecule has 2 aromatic rings. The predicted molar refractivity (Wildman–Crippen MR) is 135 cm³/mol. The first-order valence-corrected chi connectivity index (χ1v) is 12.9. The number of halogens is 1. The van der Waals surface area contributed by atoms with Crippen molar-refractivity contribution in [1.82, 2.24) is 9.80 Å². The maximum absolute atomic E-state index is 13.3. The number of piperidine rings is 1. The number of likely N-dealkylation sites (N-methyl/N-ethyl adjacent to an activating group) is 1. The zero-order valence-electron chi connectivity index (χ0n) is 20.4. The zero-order valence-corrected chi connectivity index (χ0v) is 20.4. The van der Waals surface area contributed by atoms with Gasteiger partial charge >= 0.3 is 0 Å². The lowest BCUT2D eigenvalue weighted by atomic mass is 9.84. The number of likely N-dealkylation sites (tertiary alicyclic amines) is 1. The monoisotopic (exact) mass is 467 g/mol. The van der Waals surface area contributed by atoms with Crippen LogP contribution in [0, 0.1) is 0 Å². The Bertz CT molecular complexity index is 924. The molecule has 0 N–H and O–H groups in total. The molecule has 0 saturated carbocycles. The Kier molecular flexibility index (Phi) is 7.67. The van der Waals surface area contributed by atoms with Gasteiger partial charge in [-0.15, -0.1) is 0 Å². The first kappa shape index (κ1) is 23.6. The van der Waals surface area contributed by atoms with Gasteiger partial charge in [0.15, 0.2) is 0 Å². The summed E-state index contributed by atoms with van der Waals surface area (Å²) < 4.78 is 24.9. The maximum Gasteiger partial charge on any atom is 0.119 e. The molecule has 3 heterocycles. The third-order valence-corrected chi connectivity index (χ3v) is 7.50. The van der Waals surface area contributed by atoms with E-state index in [-0.39, 0.29) is 0 Å². The van der Waals surface area contributed by atoms with Gasteiger partial charge in [-0.2, -0.15) is 0 Å². The molecule has 0 spiro atoms. The Labute approximate surface area is 203 Å². The molecule has 3 aliphatic heterocycles. The lowest BCUT2D eigenvalue weighted by Crippen LogP contribution is -2.36. The second kappa shape index (κ2) is 11.1. The molecule has 2 saturated heterocycles. The minimum Gasteiger partial charge on any atom is -0.494 e. The van der Waals surface area contributed by atoms with Gasteiger partial charge in [0.2, 0.25) is 0 Å². The summed E-state index contributed by atoms with van der Waals surface area (Å²) in [6, 6.07) is 15.8. The molecule has 1 unspecified atom stereocenters. The van der Waals surface area contributed by atoms with Crippen molar-refractivity contribution in [2.45, 2.75) is 37.9 Å².